The smallest absolute Gasteiger partial charge is 0.285 e. The summed E-state index contributed by atoms with van der Waals surface area (Å²) in [4.78, 5) is 34.3. The monoisotopic (exact) mass is 317 g/mol. The van der Waals surface area contributed by atoms with E-state index in [4.69, 9.17) is 4.74 Å². The molecule has 8 nitrogen and oxygen atoms in total. The Morgan fingerprint density at radius 1 is 1.30 bits per heavy atom. The van der Waals surface area contributed by atoms with E-state index in [1.807, 2.05) is 0 Å². The minimum atomic E-state index is -0.924. The maximum absolute atomic E-state index is 12.3. The van der Waals surface area contributed by atoms with Crippen LogP contribution in [0, 0.1) is 10.1 Å². The van der Waals surface area contributed by atoms with Gasteiger partial charge in [0.05, 0.1) is 23.9 Å². The number of methoxy groups -OCH3 is 1. The van der Waals surface area contributed by atoms with Gasteiger partial charge in [-0.1, -0.05) is 12.1 Å². The summed E-state index contributed by atoms with van der Waals surface area (Å²) in [7, 11) is 1.47. The summed E-state index contributed by atoms with van der Waals surface area (Å²) in [5, 5.41) is 13.4. The third-order valence-electron chi connectivity index (χ3n) is 3.29. The second-order valence-electron chi connectivity index (χ2n) is 4.76. The first-order valence-electron chi connectivity index (χ1n) is 6.74. The van der Waals surface area contributed by atoms with Gasteiger partial charge >= 0.3 is 0 Å². The second-order valence-corrected chi connectivity index (χ2v) is 4.76. The Morgan fingerprint density at radius 2 is 2.00 bits per heavy atom. The highest BCUT2D eigenvalue weighted by Gasteiger charge is 2.19. The maximum Gasteiger partial charge on any atom is 0.285 e. The first-order chi connectivity index (χ1) is 10.9. The number of hydrogen-bond acceptors (Lipinski definition) is 5. The second kappa shape index (κ2) is 6.73. The number of aromatic nitrogens is 1. The number of ether oxygens (including phenoxy) is 1. The Hall–Kier alpha value is -3.16. The number of nitrogens with one attached hydrogen (secondary N) is 1. The highest BCUT2D eigenvalue weighted by atomic mass is 16.6. The Kier molecular flexibility index (Phi) is 4.75. The van der Waals surface area contributed by atoms with Gasteiger partial charge in [-0.25, -0.2) is 0 Å². The van der Waals surface area contributed by atoms with Crippen molar-refractivity contribution >= 4 is 17.3 Å². The van der Waals surface area contributed by atoms with Gasteiger partial charge in [-0.2, -0.15) is 0 Å². The highest BCUT2D eigenvalue weighted by molar-refractivity contribution is 5.94. The molecule has 1 N–H and O–H groups in total. The van der Waals surface area contributed by atoms with Crippen LogP contribution in [0.5, 0.6) is 5.75 Å². The predicted octanol–water partition coefficient (Wildman–Crippen LogP) is 1.96. The fourth-order valence-electron chi connectivity index (χ4n) is 2.01. The number of nitro groups is 1. The van der Waals surface area contributed by atoms with Crippen molar-refractivity contribution < 1.29 is 14.5 Å². The number of carbonyl (C=O) groups excluding carboxylic acids is 1. The number of amides is 1. The zero-order valence-corrected chi connectivity index (χ0v) is 12.6. The predicted molar refractivity (Wildman–Crippen MR) is 83.7 cm³/mol. The Balaban J connectivity index is 2.28. The number of anilines is 1. The number of para-hydroxylation sites is 2. The third kappa shape index (κ3) is 3.54. The van der Waals surface area contributed by atoms with Crippen molar-refractivity contribution in [2.75, 3.05) is 12.4 Å². The molecule has 0 unspecified atom stereocenters. The van der Waals surface area contributed by atoms with Crippen LogP contribution in [0.15, 0.2) is 47.4 Å². The van der Waals surface area contributed by atoms with Crippen molar-refractivity contribution in [1.29, 1.82) is 0 Å². The molecule has 23 heavy (non-hydrogen) atoms. The summed E-state index contributed by atoms with van der Waals surface area (Å²) >= 11 is 0. The van der Waals surface area contributed by atoms with E-state index in [0.717, 1.165) is 22.9 Å². The van der Waals surface area contributed by atoms with E-state index in [1.165, 1.54) is 14.0 Å². The molecule has 1 aromatic carbocycles. The summed E-state index contributed by atoms with van der Waals surface area (Å²) in [5.41, 5.74) is -0.315. The Labute approximate surface area is 131 Å². The van der Waals surface area contributed by atoms with Crippen molar-refractivity contribution in [2.24, 2.45) is 0 Å². The summed E-state index contributed by atoms with van der Waals surface area (Å²) < 4.78 is 6.15. The Morgan fingerprint density at radius 3 is 2.65 bits per heavy atom. The lowest BCUT2D eigenvalue weighted by Gasteiger charge is -2.16. The van der Waals surface area contributed by atoms with Crippen LogP contribution in [0.2, 0.25) is 0 Å². The average molecular weight is 317 g/mol. The van der Waals surface area contributed by atoms with E-state index >= 15 is 0 Å². The maximum atomic E-state index is 12.3. The molecule has 120 valence electrons. The lowest BCUT2D eigenvalue weighted by molar-refractivity contribution is -0.385. The van der Waals surface area contributed by atoms with E-state index in [2.05, 4.69) is 5.32 Å². The molecule has 0 spiro atoms. The molecular formula is C15H15N3O5. The minimum absolute atomic E-state index is 0.262. The van der Waals surface area contributed by atoms with Gasteiger partial charge in [0, 0.05) is 12.1 Å². The number of rotatable bonds is 5. The standard InChI is InChI=1S/C15H15N3O5/c1-10(17-9-11(18(21)22)7-8-14(17)19)15(20)16-12-5-3-4-6-13(12)23-2/h3-10H,1-2H3,(H,16,20)/t10-/m0/s1. The molecule has 0 radical (unpaired) electrons. The fraction of sp³-hybridized carbons (Fsp3) is 0.200. The lowest BCUT2D eigenvalue weighted by Crippen LogP contribution is -2.31. The molecule has 2 rings (SSSR count). The van der Waals surface area contributed by atoms with Crippen LogP contribution in [0.1, 0.15) is 13.0 Å². The van der Waals surface area contributed by atoms with Crippen molar-refractivity contribution in [1.82, 2.24) is 4.57 Å². The number of benzene rings is 1. The van der Waals surface area contributed by atoms with E-state index < -0.39 is 22.4 Å². The summed E-state index contributed by atoms with van der Waals surface area (Å²) in [6.45, 7) is 1.48. The molecule has 1 aromatic heterocycles. The number of nitrogens with zero attached hydrogens (tertiary/aromatic N) is 2. The van der Waals surface area contributed by atoms with Crippen molar-refractivity contribution in [3.8, 4) is 5.75 Å². The van der Waals surface area contributed by atoms with Crippen molar-refractivity contribution in [3.63, 3.8) is 0 Å². The fourth-order valence-corrected chi connectivity index (χ4v) is 2.01. The van der Waals surface area contributed by atoms with Crippen molar-refractivity contribution in [3.05, 3.63) is 63.1 Å². The van der Waals surface area contributed by atoms with E-state index in [9.17, 15) is 19.7 Å². The molecule has 1 atom stereocenters. The molecule has 0 aliphatic carbocycles. The minimum Gasteiger partial charge on any atom is -0.495 e. The molecule has 1 heterocycles. The lowest BCUT2D eigenvalue weighted by atomic mass is 10.2. The number of pyridine rings is 1. The van der Waals surface area contributed by atoms with E-state index in [1.54, 1.807) is 24.3 Å². The van der Waals surface area contributed by atoms with Crippen molar-refractivity contribution in [2.45, 2.75) is 13.0 Å². The van der Waals surface area contributed by atoms with Crippen LogP contribution in [0.4, 0.5) is 11.4 Å². The molecule has 0 fully saturated rings. The third-order valence-corrected chi connectivity index (χ3v) is 3.29. The van der Waals surface area contributed by atoms with Gasteiger partial charge in [-0.3, -0.25) is 24.3 Å². The SMILES string of the molecule is COc1ccccc1NC(=O)[C@H](C)n1cc([N+](=O)[O-])ccc1=O. The van der Waals surface area contributed by atoms with Gasteiger partial charge < -0.3 is 10.1 Å². The molecule has 0 bridgehead atoms. The molecule has 0 aliphatic heterocycles. The van der Waals surface area contributed by atoms with Gasteiger partial charge in [-0.05, 0) is 19.1 Å². The summed E-state index contributed by atoms with van der Waals surface area (Å²) in [6, 6.07) is 8.05. The normalized spacial score (nSPS) is 11.6. The highest BCUT2D eigenvalue weighted by Crippen LogP contribution is 2.24. The first-order valence-corrected chi connectivity index (χ1v) is 6.74. The summed E-state index contributed by atoms with van der Waals surface area (Å²) in [6.07, 6.45) is 1.05. The number of hydrogen-bond donors (Lipinski definition) is 1. The molecule has 0 aliphatic rings. The molecule has 0 saturated heterocycles. The summed E-state index contributed by atoms with van der Waals surface area (Å²) in [5.74, 6) is -0.0171. The largest absolute Gasteiger partial charge is 0.495 e. The van der Waals surface area contributed by atoms with Crippen LogP contribution in [0.3, 0.4) is 0 Å². The topological polar surface area (TPSA) is 103 Å². The van der Waals surface area contributed by atoms with Crippen LogP contribution in [0.25, 0.3) is 0 Å². The van der Waals surface area contributed by atoms with Gasteiger partial charge in [0.15, 0.2) is 0 Å². The first kappa shape index (κ1) is 16.2. The van der Waals surface area contributed by atoms with Crippen LogP contribution in [-0.4, -0.2) is 22.5 Å². The van der Waals surface area contributed by atoms with Crippen LogP contribution >= 0.6 is 0 Å². The van der Waals surface area contributed by atoms with Gasteiger partial charge in [0.25, 0.3) is 11.2 Å². The Bertz CT molecular complexity index is 800. The van der Waals surface area contributed by atoms with Gasteiger partial charge in [0.1, 0.15) is 11.8 Å². The zero-order valence-electron chi connectivity index (χ0n) is 12.6. The van der Waals surface area contributed by atoms with E-state index in [0.29, 0.717) is 11.4 Å². The zero-order chi connectivity index (χ0) is 17.0. The molecule has 8 heteroatoms. The van der Waals surface area contributed by atoms with Gasteiger partial charge in [0.2, 0.25) is 5.91 Å². The molecule has 1 amide bonds. The molecule has 0 saturated carbocycles. The average Bonchev–Trinajstić information content (AvgIpc) is 2.54. The quantitative estimate of drug-likeness (QED) is 0.670. The van der Waals surface area contributed by atoms with Gasteiger partial charge in [-0.15, -0.1) is 0 Å². The van der Waals surface area contributed by atoms with Crippen LogP contribution in [-0.2, 0) is 4.79 Å². The molecular weight excluding hydrogens is 302 g/mol. The van der Waals surface area contributed by atoms with Crippen LogP contribution < -0.4 is 15.6 Å². The van der Waals surface area contributed by atoms with E-state index in [-0.39, 0.29) is 5.69 Å². The molecule has 2 aromatic rings. The number of carbonyl (C=O) groups is 1.